The van der Waals surface area contributed by atoms with Gasteiger partial charge in [-0.25, -0.2) is 0 Å². The van der Waals surface area contributed by atoms with Crippen LogP contribution in [0.5, 0.6) is 0 Å². The van der Waals surface area contributed by atoms with Gasteiger partial charge in [0.2, 0.25) is 0 Å². The fourth-order valence-electron chi connectivity index (χ4n) is 1.25. The lowest BCUT2D eigenvalue weighted by molar-refractivity contribution is 0.792. The molecule has 3 rings (SSSR count). The smallest absolute Gasteiger partial charge is 0.143 e. The Morgan fingerprint density at radius 2 is 2.21 bits per heavy atom. The quantitative estimate of drug-likeness (QED) is 0.582. The zero-order chi connectivity index (χ0) is 9.38. The first-order valence-corrected chi connectivity index (χ1v) is 4.63. The van der Waals surface area contributed by atoms with Gasteiger partial charge < -0.3 is 0 Å². The maximum atomic E-state index is 4.19. The molecule has 2 aromatic heterocycles. The molecule has 1 aromatic carbocycles. The lowest BCUT2D eigenvalue weighted by atomic mass is 10.3. The predicted molar refractivity (Wildman–Crippen MR) is 50.1 cm³/mol. The number of nitrogens with zero attached hydrogens (tertiary/aromatic N) is 6. The van der Waals surface area contributed by atoms with Crippen LogP contribution in [-0.2, 0) is 0 Å². The van der Waals surface area contributed by atoms with Crippen LogP contribution in [0.25, 0.3) is 16.7 Å². The van der Waals surface area contributed by atoms with Crippen molar-refractivity contribution in [1.82, 2.24) is 29.0 Å². The SMILES string of the molecule is c1cc(-n2cnnn2)c2nsnc2c1. The predicted octanol–water partition coefficient (Wildman–Crippen LogP) is 0.667. The molecule has 0 saturated heterocycles. The average Bonchev–Trinajstić information content (AvgIpc) is 2.88. The number of rotatable bonds is 1. The summed E-state index contributed by atoms with van der Waals surface area (Å²) in [4.78, 5) is 0. The molecule has 0 N–H and O–H groups in total. The molecule has 0 radical (unpaired) electrons. The molecule has 0 saturated carbocycles. The third-order valence-corrected chi connectivity index (χ3v) is 2.40. The summed E-state index contributed by atoms with van der Waals surface area (Å²) in [6.07, 6.45) is 1.54. The first kappa shape index (κ1) is 7.51. The molecular weight excluding hydrogens is 200 g/mol. The van der Waals surface area contributed by atoms with E-state index in [0.29, 0.717) is 0 Å². The first-order valence-electron chi connectivity index (χ1n) is 3.90. The minimum absolute atomic E-state index is 0.824. The molecule has 0 bridgehead atoms. The van der Waals surface area contributed by atoms with Gasteiger partial charge in [-0.1, -0.05) is 6.07 Å². The Bertz CT molecular complexity index is 556. The number of hydrogen-bond acceptors (Lipinski definition) is 6. The Morgan fingerprint density at radius 3 is 3.07 bits per heavy atom. The van der Waals surface area contributed by atoms with Crippen LogP contribution < -0.4 is 0 Å². The molecule has 2 heterocycles. The van der Waals surface area contributed by atoms with Crippen molar-refractivity contribution in [3.05, 3.63) is 24.5 Å². The van der Waals surface area contributed by atoms with Crippen LogP contribution in [0.4, 0.5) is 0 Å². The molecular formula is C7H4N6S. The maximum Gasteiger partial charge on any atom is 0.143 e. The fourth-order valence-corrected chi connectivity index (χ4v) is 1.79. The van der Waals surface area contributed by atoms with Crippen LogP contribution in [0, 0.1) is 0 Å². The van der Waals surface area contributed by atoms with Crippen LogP contribution >= 0.6 is 11.7 Å². The van der Waals surface area contributed by atoms with E-state index in [2.05, 4.69) is 24.3 Å². The molecule has 0 aliphatic heterocycles. The summed E-state index contributed by atoms with van der Waals surface area (Å²) in [5.41, 5.74) is 2.54. The fraction of sp³-hybridized carbons (Fsp3) is 0. The lowest BCUT2D eigenvalue weighted by Gasteiger charge is -1.97. The molecule has 0 aliphatic rings. The first-order chi connectivity index (χ1) is 6.95. The molecule has 0 amide bonds. The van der Waals surface area contributed by atoms with Crippen LogP contribution in [-0.4, -0.2) is 29.0 Å². The Hall–Kier alpha value is -1.89. The summed E-state index contributed by atoms with van der Waals surface area (Å²) >= 11 is 1.18. The van der Waals surface area contributed by atoms with E-state index in [1.165, 1.54) is 18.1 Å². The van der Waals surface area contributed by atoms with E-state index in [-0.39, 0.29) is 0 Å². The zero-order valence-electron chi connectivity index (χ0n) is 6.90. The van der Waals surface area contributed by atoms with Crippen LogP contribution in [0.15, 0.2) is 24.5 Å². The summed E-state index contributed by atoms with van der Waals surface area (Å²) in [6, 6.07) is 5.72. The van der Waals surface area contributed by atoms with Gasteiger partial charge in [0.05, 0.1) is 17.4 Å². The van der Waals surface area contributed by atoms with E-state index in [0.717, 1.165) is 16.7 Å². The van der Waals surface area contributed by atoms with Gasteiger partial charge >= 0.3 is 0 Å². The largest absolute Gasteiger partial charge is 0.198 e. The third kappa shape index (κ3) is 0.990. The minimum Gasteiger partial charge on any atom is -0.198 e. The van der Waals surface area contributed by atoms with Gasteiger partial charge in [-0.05, 0) is 22.6 Å². The molecule has 0 fully saturated rings. The van der Waals surface area contributed by atoms with E-state index in [9.17, 15) is 0 Å². The number of hydrogen-bond donors (Lipinski definition) is 0. The zero-order valence-corrected chi connectivity index (χ0v) is 7.72. The molecule has 6 nitrogen and oxygen atoms in total. The van der Waals surface area contributed by atoms with E-state index in [1.54, 1.807) is 4.68 Å². The van der Waals surface area contributed by atoms with Gasteiger partial charge in [-0.15, -0.1) is 5.10 Å². The minimum atomic E-state index is 0.824. The number of fused-ring (bicyclic) bond motifs is 1. The highest BCUT2D eigenvalue weighted by atomic mass is 32.1. The average molecular weight is 204 g/mol. The van der Waals surface area contributed by atoms with Crippen molar-refractivity contribution in [2.45, 2.75) is 0 Å². The van der Waals surface area contributed by atoms with Crippen molar-refractivity contribution >= 4 is 22.8 Å². The topological polar surface area (TPSA) is 69.4 Å². The molecule has 0 atom stereocenters. The molecule has 0 unspecified atom stereocenters. The summed E-state index contributed by atoms with van der Waals surface area (Å²) in [6.45, 7) is 0. The number of tetrazole rings is 1. The summed E-state index contributed by atoms with van der Waals surface area (Å²) in [5, 5.41) is 11.0. The van der Waals surface area contributed by atoms with Crippen LogP contribution in [0.1, 0.15) is 0 Å². The second kappa shape index (κ2) is 2.81. The third-order valence-electron chi connectivity index (χ3n) is 1.86. The van der Waals surface area contributed by atoms with Crippen LogP contribution in [0.3, 0.4) is 0 Å². The molecule has 68 valence electrons. The maximum absolute atomic E-state index is 4.19. The van der Waals surface area contributed by atoms with Gasteiger partial charge in [0.25, 0.3) is 0 Å². The van der Waals surface area contributed by atoms with Gasteiger partial charge in [0.15, 0.2) is 0 Å². The van der Waals surface area contributed by atoms with Gasteiger partial charge in [-0.3, -0.25) is 0 Å². The Labute approximate surface area is 82.5 Å². The van der Waals surface area contributed by atoms with Crippen molar-refractivity contribution in [3.8, 4) is 5.69 Å². The summed E-state index contributed by atoms with van der Waals surface area (Å²) in [5.74, 6) is 0. The lowest BCUT2D eigenvalue weighted by Crippen LogP contribution is -1.95. The van der Waals surface area contributed by atoms with Gasteiger partial charge in [0, 0.05) is 0 Å². The van der Waals surface area contributed by atoms with E-state index < -0.39 is 0 Å². The second-order valence-corrected chi connectivity index (χ2v) is 3.19. The van der Waals surface area contributed by atoms with Crippen LogP contribution in [0.2, 0.25) is 0 Å². The molecule has 0 aliphatic carbocycles. The second-order valence-electron chi connectivity index (χ2n) is 2.66. The van der Waals surface area contributed by atoms with Crippen molar-refractivity contribution in [1.29, 1.82) is 0 Å². The molecule has 7 heteroatoms. The summed E-state index contributed by atoms with van der Waals surface area (Å²) in [7, 11) is 0. The Balaban J connectivity index is 2.36. The number of benzene rings is 1. The van der Waals surface area contributed by atoms with E-state index in [1.807, 2.05) is 18.2 Å². The molecule has 0 spiro atoms. The van der Waals surface area contributed by atoms with Crippen molar-refractivity contribution in [2.75, 3.05) is 0 Å². The Morgan fingerprint density at radius 1 is 1.21 bits per heavy atom. The van der Waals surface area contributed by atoms with Crippen molar-refractivity contribution < 1.29 is 0 Å². The standard InChI is InChI=1S/C7H4N6S/c1-2-5-7(10-14-9-5)6(3-1)13-4-8-11-12-13/h1-4H. The molecule has 14 heavy (non-hydrogen) atoms. The molecule has 3 aromatic rings. The highest BCUT2D eigenvalue weighted by molar-refractivity contribution is 7.00. The van der Waals surface area contributed by atoms with Gasteiger partial charge in [0.1, 0.15) is 17.4 Å². The highest BCUT2D eigenvalue weighted by Gasteiger charge is 2.06. The monoisotopic (exact) mass is 204 g/mol. The number of aromatic nitrogens is 6. The van der Waals surface area contributed by atoms with E-state index >= 15 is 0 Å². The summed E-state index contributed by atoms with van der Waals surface area (Å²) < 4.78 is 9.90. The van der Waals surface area contributed by atoms with Gasteiger partial charge in [-0.2, -0.15) is 13.4 Å². The highest BCUT2D eigenvalue weighted by Crippen LogP contribution is 2.18. The van der Waals surface area contributed by atoms with E-state index in [4.69, 9.17) is 0 Å². The Kier molecular flexibility index (Phi) is 1.51. The normalized spacial score (nSPS) is 10.9. The van der Waals surface area contributed by atoms with Crippen molar-refractivity contribution in [3.63, 3.8) is 0 Å². The van der Waals surface area contributed by atoms with Crippen molar-refractivity contribution in [2.24, 2.45) is 0 Å².